The first kappa shape index (κ1) is 9.96. The van der Waals surface area contributed by atoms with Crippen LogP contribution in [0.3, 0.4) is 0 Å². The lowest BCUT2D eigenvalue weighted by atomic mass is 9.90. The maximum atomic E-state index is 10.8. The monoisotopic (exact) mass is 206 g/mol. The van der Waals surface area contributed by atoms with E-state index in [4.69, 9.17) is 0 Å². The molecule has 1 aliphatic carbocycles. The van der Waals surface area contributed by atoms with Crippen LogP contribution in [0.1, 0.15) is 24.0 Å². The standard InChI is InChI=1S/C11H14N2O2/c1-12-11-9-5-3-2-4-8(9)6-7-10(11)13(14)15/h6-7,12H,2-5H2,1H3. The molecule has 0 saturated carbocycles. The first-order valence-corrected chi connectivity index (χ1v) is 5.21. The van der Waals surface area contributed by atoms with Gasteiger partial charge in [0, 0.05) is 13.1 Å². The van der Waals surface area contributed by atoms with E-state index in [2.05, 4.69) is 5.32 Å². The Morgan fingerprint density at radius 3 is 2.73 bits per heavy atom. The second-order valence-corrected chi connectivity index (χ2v) is 3.81. The van der Waals surface area contributed by atoms with Crippen molar-refractivity contribution in [3.63, 3.8) is 0 Å². The summed E-state index contributed by atoms with van der Waals surface area (Å²) < 4.78 is 0. The van der Waals surface area contributed by atoms with Crippen LogP contribution in [0.25, 0.3) is 0 Å². The van der Waals surface area contributed by atoms with Gasteiger partial charge in [-0.3, -0.25) is 10.1 Å². The highest BCUT2D eigenvalue weighted by atomic mass is 16.6. The Labute approximate surface area is 88.5 Å². The molecule has 2 rings (SSSR count). The Morgan fingerprint density at radius 2 is 2.07 bits per heavy atom. The first-order chi connectivity index (χ1) is 7.24. The van der Waals surface area contributed by atoms with Crippen molar-refractivity contribution >= 4 is 11.4 Å². The van der Waals surface area contributed by atoms with E-state index in [1.165, 1.54) is 12.0 Å². The molecule has 0 aliphatic heterocycles. The van der Waals surface area contributed by atoms with Gasteiger partial charge in [0.15, 0.2) is 0 Å². The van der Waals surface area contributed by atoms with Gasteiger partial charge in [0.05, 0.1) is 4.92 Å². The SMILES string of the molecule is CNc1c([N+](=O)[O-])ccc2c1CCCC2. The minimum atomic E-state index is -0.319. The highest BCUT2D eigenvalue weighted by Crippen LogP contribution is 2.34. The lowest BCUT2D eigenvalue weighted by molar-refractivity contribution is -0.384. The zero-order valence-electron chi connectivity index (χ0n) is 8.75. The molecule has 0 radical (unpaired) electrons. The van der Waals surface area contributed by atoms with E-state index < -0.39 is 0 Å². The third kappa shape index (κ3) is 1.67. The van der Waals surface area contributed by atoms with E-state index >= 15 is 0 Å². The Bertz CT molecular complexity index is 402. The van der Waals surface area contributed by atoms with Gasteiger partial charge >= 0.3 is 0 Å². The molecular weight excluding hydrogens is 192 g/mol. The Hall–Kier alpha value is -1.58. The number of anilines is 1. The average Bonchev–Trinajstić information content (AvgIpc) is 2.27. The smallest absolute Gasteiger partial charge is 0.292 e. The van der Waals surface area contributed by atoms with Gasteiger partial charge in [0.2, 0.25) is 0 Å². The number of nitro benzene ring substituents is 1. The Kier molecular flexibility index (Phi) is 2.58. The predicted molar refractivity (Wildman–Crippen MR) is 59.3 cm³/mol. The van der Waals surface area contributed by atoms with Gasteiger partial charge in [-0.05, 0) is 36.8 Å². The molecule has 1 aromatic carbocycles. The molecule has 0 spiro atoms. The summed E-state index contributed by atoms with van der Waals surface area (Å²) in [7, 11) is 1.75. The van der Waals surface area contributed by atoms with Crippen LogP contribution < -0.4 is 5.32 Å². The summed E-state index contributed by atoms with van der Waals surface area (Å²) in [4.78, 5) is 10.5. The minimum Gasteiger partial charge on any atom is -0.382 e. The van der Waals surface area contributed by atoms with Crippen LogP contribution in [0.15, 0.2) is 12.1 Å². The molecule has 80 valence electrons. The normalized spacial score (nSPS) is 14.5. The molecule has 0 bridgehead atoms. The number of hydrogen-bond donors (Lipinski definition) is 1. The maximum Gasteiger partial charge on any atom is 0.292 e. The number of hydrogen-bond acceptors (Lipinski definition) is 3. The van der Waals surface area contributed by atoms with Gasteiger partial charge in [-0.2, -0.15) is 0 Å². The molecule has 0 unspecified atom stereocenters. The van der Waals surface area contributed by atoms with E-state index in [0.717, 1.165) is 24.8 Å². The van der Waals surface area contributed by atoms with Gasteiger partial charge in [0.1, 0.15) is 5.69 Å². The first-order valence-electron chi connectivity index (χ1n) is 5.21. The van der Waals surface area contributed by atoms with E-state index in [0.29, 0.717) is 5.69 Å². The highest BCUT2D eigenvalue weighted by molar-refractivity contribution is 5.68. The van der Waals surface area contributed by atoms with Crippen molar-refractivity contribution in [2.24, 2.45) is 0 Å². The lowest BCUT2D eigenvalue weighted by Crippen LogP contribution is -2.08. The second-order valence-electron chi connectivity index (χ2n) is 3.81. The Morgan fingerprint density at radius 1 is 1.33 bits per heavy atom. The summed E-state index contributed by atoms with van der Waals surface area (Å²) in [5.41, 5.74) is 3.30. The molecule has 0 fully saturated rings. The van der Waals surface area contributed by atoms with Crippen LogP contribution in [0.5, 0.6) is 0 Å². The number of nitro groups is 1. The number of fused-ring (bicyclic) bond motifs is 1. The van der Waals surface area contributed by atoms with Crippen molar-refractivity contribution in [1.29, 1.82) is 0 Å². The molecular formula is C11H14N2O2. The average molecular weight is 206 g/mol. The van der Waals surface area contributed by atoms with Crippen LogP contribution in [0.2, 0.25) is 0 Å². The number of aryl methyl sites for hydroxylation is 1. The zero-order valence-corrected chi connectivity index (χ0v) is 8.75. The number of nitrogens with zero attached hydrogens (tertiary/aromatic N) is 1. The maximum absolute atomic E-state index is 10.8. The predicted octanol–water partition coefficient (Wildman–Crippen LogP) is 2.52. The molecule has 1 aromatic rings. The quantitative estimate of drug-likeness (QED) is 0.597. The zero-order chi connectivity index (χ0) is 10.8. The second kappa shape index (κ2) is 3.88. The molecule has 15 heavy (non-hydrogen) atoms. The van der Waals surface area contributed by atoms with Crippen molar-refractivity contribution in [3.05, 3.63) is 33.4 Å². The number of rotatable bonds is 2. The molecule has 1 N–H and O–H groups in total. The van der Waals surface area contributed by atoms with Crippen LogP contribution in [0.4, 0.5) is 11.4 Å². The topological polar surface area (TPSA) is 55.2 Å². The van der Waals surface area contributed by atoms with Crippen molar-refractivity contribution in [1.82, 2.24) is 0 Å². The van der Waals surface area contributed by atoms with Crippen molar-refractivity contribution in [3.8, 4) is 0 Å². The van der Waals surface area contributed by atoms with Crippen molar-refractivity contribution in [2.45, 2.75) is 25.7 Å². The fourth-order valence-corrected chi connectivity index (χ4v) is 2.25. The molecule has 0 amide bonds. The summed E-state index contributed by atoms with van der Waals surface area (Å²) in [5.74, 6) is 0. The lowest BCUT2D eigenvalue weighted by Gasteiger charge is -2.18. The highest BCUT2D eigenvalue weighted by Gasteiger charge is 2.21. The Balaban J connectivity index is 2.56. The van der Waals surface area contributed by atoms with Gasteiger partial charge in [-0.1, -0.05) is 6.07 Å². The van der Waals surface area contributed by atoms with E-state index in [1.54, 1.807) is 13.1 Å². The summed E-state index contributed by atoms with van der Waals surface area (Å²) in [5, 5.41) is 13.8. The molecule has 0 aromatic heterocycles. The molecule has 4 heteroatoms. The van der Waals surface area contributed by atoms with Crippen LogP contribution in [-0.4, -0.2) is 12.0 Å². The van der Waals surface area contributed by atoms with Gasteiger partial charge < -0.3 is 5.32 Å². The third-order valence-corrected chi connectivity index (χ3v) is 2.96. The van der Waals surface area contributed by atoms with Crippen molar-refractivity contribution in [2.75, 3.05) is 12.4 Å². The van der Waals surface area contributed by atoms with Crippen LogP contribution in [0, 0.1) is 10.1 Å². The summed E-state index contributed by atoms with van der Waals surface area (Å²) in [6.45, 7) is 0. The summed E-state index contributed by atoms with van der Waals surface area (Å²) >= 11 is 0. The van der Waals surface area contributed by atoms with Gasteiger partial charge in [0.25, 0.3) is 5.69 Å². The fourth-order valence-electron chi connectivity index (χ4n) is 2.25. The molecule has 0 atom stereocenters. The van der Waals surface area contributed by atoms with Gasteiger partial charge in [-0.15, -0.1) is 0 Å². The summed E-state index contributed by atoms with van der Waals surface area (Å²) in [6.07, 6.45) is 4.31. The molecule has 0 heterocycles. The van der Waals surface area contributed by atoms with Crippen LogP contribution in [-0.2, 0) is 12.8 Å². The minimum absolute atomic E-state index is 0.193. The van der Waals surface area contributed by atoms with E-state index in [1.807, 2.05) is 6.07 Å². The van der Waals surface area contributed by atoms with Crippen molar-refractivity contribution < 1.29 is 4.92 Å². The molecule has 1 aliphatic rings. The molecule has 4 nitrogen and oxygen atoms in total. The third-order valence-electron chi connectivity index (χ3n) is 2.96. The number of benzene rings is 1. The molecule has 0 saturated heterocycles. The van der Waals surface area contributed by atoms with Gasteiger partial charge in [-0.25, -0.2) is 0 Å². The van der Waals surface area contributed by atoms with E-state index in [9.17, 15) is 10.1 Å². The fraction of sp³-hybridized carbons (Fsp3) is 0.455. The number of nitrogens with one attached hydrogen (secondary N) is 1. The van der Waals surface area contributed by atoms with E-state index in [-0.39, 0.29) is 10.6 Å². The van der Waals surface area contributed by atoms with Crippen LogP contribution >= 0.6 is 0 Å². The summed E-state index contributed by atoms with van der Waals surface area (Å²) in [6, 6.07) is 3.50. The largest absolute Gasteiger partial charge is 0.382 e.